The Bertz CT molecular complexity index is 732. The summed E-state index contributed by atoms with van der Waals surface area (Å²) in [6.07, 6.45) is -4.49. The summed E-state index contributed by atoms with van der Waals surface area (Å²) in [6, 6.07) is 7.75. The van der Waals surface area contributed by atoms with Gasteiger partial charge in [0.05, 0.1) is 0 Å². The van der Waals surface area contributed by atoms with Crippen molar-refractivity contribution in [2.45, 2.75) is 18.6 Å². The first-order valence-corrected chi connectivity index (χ1v) is 7.05. The van der Waals surface area contributed by atoms with E-state index in [0.717, 1.165) is 5.01 Å². The van der Waals surface area contributed by atoms with Crippen molar-refractivity contribution < 1.29 is 18.0 Å². The van der Waals surface area contributed by atoms with Crippen LogP contribution in [0.5, 0.6) is 0 Å². The first kappa shape index (κ1) is 15.1. The summed E-state index contributed by atoms with van der Waals surface area (Å²) in [7, 11) is 0. The van der Waals surface area contributed by atoms with Crippen molar-refractivity contribution in [1.82, 2.24) is 10.4 Å². The van der Waals surface area contributed by atoms with Gasteiger partial charge in [-0.25, -0.2) is 5.01 Å². The Hall–Kier alpha value is -1.79. The van der Waals surface area contributed by atoms with Crippen LogP contribution >= 0.6 is 11.6 Å². The smallest absolute Gasteiger partial charge is 0.288 e. The van der Waals surface area contributed by atoms with Gasteiger partial charge in [0.1, 0.15) is 0 Å². The number of hydrogen-bond acceptors (Lipinski definition) is 2. The molecule has 1 N–H and O–H groups in total. The molecule has 0 spiro atoms. The van der Waals surface area contributed by atoms with Gasteiger partial charge in [0.15, 0.2) is 6.04 Å². The quantitative estimate of drug-likeness (QED) is 0.908. The number of rotatable bonds is 2. The van der Waals surface area contributed by atoms with E-state index in [9.17, 15) is 18.0 Å². The van der Waals surface area contributed by atoms with Crippen LogP contribution in [0.4, 0.5) is 13.2 Å². The number of fused-ring (bicyclic) bond motifs is 1. The van der Waals surface area contributed by atoms with E-state index in [0.29, 0.717) is 10.8 Å². The summed E-state index contributed by atoms with van der Waals surface area (Å²) in [4.78, 5) is 11.3. The van der Waals surface area contributed by atoms with Crippen LogP contribution in [-0.2, 0) is 4.79 Å². The highest BCUT2D eigenvalue weighted by molar-refractivity contribution is 6.31. The van der Waals surface area contributed by atoms with Crippen LogP contribution in [0.1, 0.15) is 18.0 Å². The fraction of sp³-hybridized carbons (Fsp3) is 0.267. The molecule has 2 aromatic rings. The molecule has 1 heterocycles. The fourth-order valence-corrected chi connectivity index (χ4v) is 2.97. The van der Waals surface area contributed by atoms with Crippen molar-refractivity contribution in [3.63, 3.8) is 0 Å². The highest BCUT2D eigenvalue weighted by Gasteiger charge is 2.47. The number of benzene rings is 2. The van der Waals surface area contributed by atoms with E-state index in [1.165, 1.54) is 6.07 Å². The summed E-state index contributed by atoms with van der Waals surface area (Å²) in [5.74, 6) is -0.416. The third-order valence-corrected chi connectivity index (χ3v) is 3.84. The number of carbonyl (C=O) groups excluding carboxylic acids is 1. The topological polar surface area (TPSA) is 32.3 Å². The van der Waals surface area contributed by atoms with Gasteiger partial charge in [0.2, 0.25) is 5.91 Å². The van der Waals surface area contributed by atoms with Gasteiger partial charge < -0.3 is 0 Å². The van der Waals surface area contributed by atoms with Crippen LogP contribution in [0.2, 0.25) is 5.02 Å². The van der Waals surface area contributed by atoms with Crippen molar-refractivity contribution in [3.8, 4) is 0 Å². The molecule has 22 heavy (non-hydrogen) atoms. The first-order chi connectivity index (χ1) is 10.4. The van der Waals surface area contributed by atoms with Crippen molar-refractivity contribution in [2.24, 2.45) is 0 Å². The number of nitrogens with one attached hydrogen (secondary N) is 1. The standard InChI is InChI=1S/C15H12ClF3N2O/c16-10-7-9-3-1-2-4-11(9)12(8-10)14(15(17,18)19)21-6-5-13(22)20-21/h1-4,7-8,14H,5-6H2,(H,20,22)/t14-/m0/s1. The van der Waals surface area contributed by atoms with Gasteiger partial charge in [0, 0.05) is 18.0 Å². The number of amides is 1. The molecule has 0 aromatic heterocycles. The van der Waals surface area contributed by atoms with E-state index in [1.807, 2.05) is 0 Å². The Morgan fingerprint density at radius 1 is 1.23 bits per heavy atom. The summed E-state index contributed by atoms with van der Waals surface area (Å²) in [5, 5.41) is 2.26. The number of carbonyl (C=O) groups is 1. The molecule has 1 aliphatic heterocycles. The normalized spacial score (nSPS) is 17.7. The Balaban J connectivity index is 2.18. The molecule has 0 aliphatic carbocycles. The van der Waals surface area contributed by atoms with Crippen LogP contribution in [0.15, 0.2) is 36.4 Å². The molecule has 0 unspecified atom stereocenters. The average Bonchev–Trinajstić information content (AvgIpc) is 2.83. The van der Waals surface area contributed by atoms with E-state index >= 15 is 0 Å². The molecule has 3 rings (SSSR count). The molecule has 116 valence electrons. The molecule has 0 radical (unpaired) electrons. The predicted molar refractivity (Wildman–Crippen MR) is 77.2 cm³/mol. The van der Waals surface area contributed by atoms with Crippen LogP contribution in [0.25, 0.3) is 10.8 Å². The third kappa shape index (κ3) is 2.76. The van der Waals surface area contributed by atoms with Crippen molar-refractivity contribution >= 4 is 28.3 Å². The van der Waals surface area contributed by atoms with Gasteiger partial charge in [0.25, 0.3) is 0 Å². The van der Waals surface area contributed by atoms with E-state index in [-0.39, 0.29) is 23.6 Å². The molecule has 1 amide bonds. The number of halogens is 4. The predicted octanol–water partition coefficient (Wildman–Crippen LogP) is 3.83. The molecule has 1 fully saturated rings. The maximum Gasteiger partial charge on any atom is 0.409 e. The Labute approximate surface area is 129 Å². The van der Waals surface area contributed by atoms with Crippen LogP contribution in [0, 0.1) is 0 Å². The molecular weight excluding hydrogens is 317 g/mol. The zero-order chi connectivity index (χ0) is 15.9. The Morgan fingerprint density at radius 2 is 1.95 bits per heavy atom. The summed E-state index contributed by atoms with van der Waals surface area (Å²) >= 11 is 5.98. The molecule has 0 saturated carbocycles. The van der Waals surface area contributed by atoms with Crippen LogP contribution in [-0.4, -0.2) is 23.6 Å². The van der Waals surface area contributed by atoms with Crippen molar-refractivity contribution in [2.75, 3.05) is 6.54 Å². The van der Waals surface area contributed by atoms with Gasteiger partial charge >= 0.3 is 6.18 Å². The number of alkyl halides is 3. The number of nitrogens with zero attached hydrogens (tertiary/aromatic N) is 1. The summed E-state index contributed by atoms with van der Waals surface area (Å²) in [5.41, 5.74) is 2.31. The lowest BCUT2D eigenvalue weighted by atomic mass is 9.98. The Kier molecular flexibility index (Phi) is 3.74. The molecule has 1 atom stereocenters. The monoisotopic (exact) mass is 328 g/mol. The lowest BCUT2D eigenvalue weighted by molar-refractivity contribution is -0.190. The second kappa shape index (κ2) is 5.44. The number of hydrogen-bond donors (Lipinski definition) is 1. The first-order valence-electron chi connectivity index (χ1n) is 6.67. The molecule has 7 heteroatoms. The molecule has 1 aliphatic rings. The van der Waals surface area contributed by atoms with E-state index in [2.05, 4.69) is 5.43 Å². The van der Waals surface area contributed by atoms with Gasteiger partial charge in [-0.1, -0.05) is 35.9 Å². The van der Waals surface area contributed by atoms with Gasteiger partial charge in [-0.05, 0) is 28.5 Å². The average molecular weight is 329 g/mol. The largest absolute Gasteiger partial charge is 0.409 e. The minimum Gasteiger partial charge on any atom is -0.288 e. The van der Waals surface area contributed by atoms with E-state index < -0.39 is 18.1 Å². The zero-order valence-corrected chi connectivity index (χ0v) is 12.1. The minimum atomic E-state index is -4.54. The molecule has 2 aromatic carbocycles. The molecule has 0 bridgehead atoms. The molecule has 3 nitrogen and oxygen atoms in total. The van der Waals surface area contributed by atoms with Crippen molar-refractivity contribution in [3.05, 3.63) is 47.0 Å². The maximum absolute atomic E-state index is 13.6. The van der Waals surface area contributed by atoms with Crippen molar-refractivity contribution in [1.29, 1.82) is 0 Å². The van der Waals surface area contributed by atoms with Crippen LogP contribution < -0.4 is 5.43 Å². The summed E-state index contributed by atoms with van der Waals surface area (Å²) in [6.45, 7) is 0.00382. The molecular formula is C15H12ClF3N2O. The SMILES string of the molecule is O=C1CCN([C@@H](c2cc(Cl)cc3ccccc23)C(F)(F)F)N1. The highest BCUT2D eigenvalue weighted by Crippen LogP contribution is 2.41. The number of hydrazine groups is 1. The lowest BCUT2D eigenvalue weighted by Crippen LogP contribution is -2.43. The Morgan fingerprint density at radius 3 is 2.59 bits per heavy atom. The second-order valence-electron chi connectivity index (χ2n) is 5.14. The summed E-state index contributed by atoms with van der Waals surface area (Å²) < 4.78 is 40.8. The third-order valence-electron chi connectivity index (χ3n) is 3.62. The van der Waals surface area contributed by atoms with Gasteiger partial charge in [-0.2, -0.15) is 13.2 Å². The highest BCUT2D eigenvalue weighted by atomic mass is 35.5. The maximum atomic E-state index is 13.6. The van der Waals surface area contributed by atoms with E-state index in [1.54, 1.807) is 30.3 Å². The molecule has 1 saturated heterocycles. The second-order valence-corrected chi connectivity index (χ2v) is 5.58. The van der Waals surface area contributed by atoms with E-state index in [4.69, 9.17) is 11.6 Å². The minimum absolute atomic E-state index is 0.00382. The van der Waals surface area contributed by atoms with Gasteiger partial charge in [-0.3, -0.25) is 10.2 Å². The van der Waals surface area contributed by atoms with Gasteiger partial charge in [-0.15, -0.1) is 0 Å². The van der Waals surface area contributed by atoms with Crippen LogP contribution in [0.3, 0.4) is 0 Å². The lowest BCUT2D eigenvalue weighted by Gasteiger charge is -2.30. The fourth-order valence-electron chi connectivity index (χ4n) is 2.74. The zero-order valence-electron chi connectivity index (χ0n) is 11.3.